The van der Waals surface area contributed by atoms with Crippen molar-refractivity contribution in [3.63, 3.8) is 0 Å². The van der Waals surface area contributed by atoms with Crippen LogP contribution in [0.15, 0.2) is 0 Å². The number of halogens is 3. The van der Waals surface area contributed by atoms with Crippen molar-refractivity contribution >= 4 is 15.5 Å². The summed E-state index contributed by atoms with van der Waals surface area (Å²) >= 11 is -4.64. The van der Waals surface area contributed by atoms with E-state index in [9.17, 15) is 10.6 Å². The van der Waals surface area contributed by atoms with E-state index in [4.69, 9.17) is 0 Å². The predicted molar refractivity (Wildman–Crippen MR) is 10.2 cm³/mol. The first-order chi connectivity index (χ1) is 1.73. The van der Waals surface area contributed by atoms with Crippen LogP contribution in [0.4, 0.5) is 10.6 Å². The Kier molecular flexibility index (Phi) is 9.18. The van der Waals surface area contributed by atoms with Crippen LogP contribution in [0.25, 0.3) is 0 Å². The SMILES string of the molecule is [F][Al]([F])[F].[H-].[Li+]. The third kappa shape index (κ3) is 49.6. The van der Waals surface area contributed by atoms with Crippen molar-refractivity contribution in [1.82, 2.24) is 0 Å². The number of hydrogen-bond acceptors (Lipinski definition) is 0. The average molecular weight is 91.9 g/mol. The maximum absolute atomic E-state index is 9.81. The fourth-order valence-corrected chi connectivity index (χ4v) is 0. The fourth-order valence-electron chi connectivity index (χ4n) is 0. The Morgan fingerprint density at radius 2 is 1.20 bits per heavy atom. The van der Waals surface area contributed by atoms with E-state index in [1.165, 1.54) is 0 Å². The van der Waals surface area contributed by atoms with E-state index in [0.717, 1.165) is 0 Å². The van der Waals surface area contributed by atoms with Crippen LogP contribution in [0.2, 0.25) is 0 Å². The van der Waals surface area contributed by atoms with Crippen molar-refractivity contribution < 1.29 is 30.9 Å². The summed E-state index contributed by atoms with van der Waals surface area (Å²) in [4.78, 5) is 0. The van der Waals surface area contributed by atoms with Gasteiger partial charge in [-0.2, -0.15) is 0 Å². The molecule has 0 unspecified atom stereocenters. The molecule has 0 aromatic carbocycles. The van der Waals surface area contributed by atoms with Gasteiger partial charge in [0.15, 0.2) is 0 Å². The van der Waals surface area contributed by atoms with Gasteiger partial charge in [0, 0.05) is 0 Å². The quantitative estimate of drug-likeness (QED) is 0.303. The Labute approximate surface area is 46.8 Å². The topological polar surface area (TPSA) is 0 Å². The molecular formula is HAlF3Li. The van der Waals surface area contributed by atoms with Crippen molar-refractivity contribution in [3.05, 3.63) is 0 Å². The van der Waals surface area contributed by atoms with Crippen LogP contribution >= 0.6 is 0 Å². The van der Waals surface area contributed by atoms with Crippen molar-refractivity contribution in [3.8, 4) is 0 Å². The second-order valence-corrected chi connectivity index (χ2v) is 0.742. The molecule has 0 aliphatic carbocycles. The van der Waals surface area contributed by atoms with E-state index in [1.54, 1.807) is 0 Å². The molecule has 0 rings (SSSR count). The Morgan fingerprint density at radius 1 is 1.20 bits per heavy atom. The maximum atomic E-state index is 9.81. The van der Waals surface area contributed by atoms with Crippen molar-refractivity contribution in [1.29, 1.82) is 0 Å². The summed E-state index contributed by atoms with van der Waals surface area (Å²) in [7, 11) is 0. The molecule has 0 saturated heterocycles. The second-order valence-electron chi connectivity index (χ2n) is 0.247. The van der Waals surface area contributed by atoms with Crippen molar-refractivity contribution in [2.45, 2.75) is 0 Å². The molecule has 0 amide bonds. The average Bonchev–Trinajstić information content (AvgIpc) is 0.811. The Bertz CT molecular complexity index is 15.5. The van der Waals surface area contributed by atoms with E-state index in [0.29, 0.717) is 0 Å². The minimum Gasteiger partial charge on any atom is -1.00 e. The summed E-state index contributed by atoms with van der Waals surface area (Å²) in [6.45, 7) is 0. The summed E-state index contributed by atoms with van der Waals surface area (Å²) in [5.74, 6) is 0. The number of hydrogen-bond donors (Lipinski definition) is 0. The van der Waals surface area contributed by atoms with Crippen molar-refractivity contribution in [2.24, 2.45) is 0 Å². The van der Waals surface area contributed by atoms with E-state index in [1.807, 2.05) is 0 Å². The molecule has 0 nitrogen and oxygen atoms in total. The number of rotatable bonds is 0. The van der Waals surface area contributed by atoms with E-state index in [-0.39, 0.29) is 20.3 Å². The van der Waals surface area contributed by atoms with Gasteiger partial charge in [0.05, 0.1) is 0 Å². The van der Waals surface area contributed by atoms with Gasteiger partial charge in [-0.15, -0.1) is 0 Å². The molecule has 0 aromatic rings. The first-order valence-corrected chi connectivity index (χ1v) is 1.96. The molecule has 0 aliphatic heterocycles. The zero-order chi connectivity index (χ0) is 3.58. The molecule has 0 bridgehead atoms. The molecule has 0 fully saturated rings. The minimum absolute atomic E-state index is 0. The smallest absolute Gasteiger partial charge is 1.00 e. The van der Waals surface area contributed by atoms with Gasteiger partial charge in [-0.05, 0) is 0 Å². The molecule has 0 radical (unpaired) electrons. The van der Waals surface area contributed by atoms with Gasteiger partial charge in [-0.3, -0.25) is 0 Å². The van der Waals surface area contributed by atoms with Crippen LogP contribution in [0.5, 0.6) is 0 Å². The molecule has 0 heterocycles. The standard InChI is InChI=1S/Al.3FH.Li.H/h;3*1H;;/q+3;;;;+1;-1/p-3. The summed E-state index contributed by atoms with van der Waals surface area (Å²) in [6.07, 6.45) is 0. The fraction of sp³-hybridized carbons (Fsp3) is 0. The Balaban J connectivity index is -0.0000000450. The Hall–Kier alpha value is 0.920. The van der Waals surface area contributed by atoms with Gasteiger partial charge in [-0.25, -0.2) is 0 Å². The first-order valence-electron chi connectivity index (χ1n) is 0.655. The van der Waals surface area contributed by atoms with E-state index in [2.05, 4.69) is 0 Å². The maximum Gasteiger partial charge on any atom is 1.04 e. The summed E-state index contributed by atoms with van der Waals surface area (Å²) in [5, 5.41) is 0. The van der Waals surface area contributed by atoms with Crippen LogP contribution in [0.3, 0.4) is 0 Å². The van der Waals surface area contributed by atoms with Gasteiger partial charge in [0.1, 0.15) is 0 Å². The third-order valence-electron chi connectivity index (χ3n) is 0. The van der Waals surface area contributed by atoms with Crippen molar-refractivity contribution in [2.75, 3.05) is 0 Å². The zero-order valence-corrected chi connectivity index (χ0v) is 3.87. The summed E-state index contributed by atoms with van der Waals surface area (Å²) < 4.78 is 29.4. The summed E-state index contributed by atoms with van der Waals surface area (Å²) in [6, 6.07) is 0. The van der Waals surface area contributed by atoms with Gasteiger partial charge < -0.3 is 12.0 Å². The Morgan fingerprint density at radius 3 is 1.20 bits per heavy atom. The minimum atomic E-state index is -4.64. The molecule has 5 heteroatoms. The van der Waals surface area contributed by atoms with E-state index < -0.39 is 15.5 Å². The molecule has 0 atom stereocenters. The summed E-state index contributed by atoms with van der Waals surface area (Å²) in [5.41, 5.74) is 0. The van der Waals surface area contributed by atoms with Crippen LogP contribution in [-0.2, 0) is 0 Å². The molecule has 26 valence electrons. The van der Waals surface area contributed by atoms with Gasteiger partial charge in [0.25, 0.3) is 0 Å². The first kappa shape index (κ1) is 9.33. The molecule has 0 saturated carbocycles. The van der Waals surface area contributed by atoms with E-state index >= 15 is 0 Å². The molecule has 5 heavy (non-hydrogen) atoms. The second kappa shape index (κ2) is 4.92. The molecule has 0 spiro atoms. The van der Waals surface area contributed by atoms with Gasteiger partial charge in [0.2, 0.25) is 0 Å². The molecule has 0 N–H and O–H groups in total. The normalized spacial score (nSPS) is 5.40. The zero-order valence-electron chi connectivity index (χ0n) is 3.71. The molecular weight excluding hydrogens is 90.9 g/mol. The van der Waals surface area contributed by atoms with Gasteiger partial charge >= 0.3 is 34.4 Å². The molecule has 0 aromatic heterocycles. The van der Waals surface area contributed by atoms with Crippen LogP contribution in [0.1, 0.15) is 1.43 Å². The van der Waals surface area contributed by atoms with Gasteiger partial charge in [-0.1, -0.05) is 0 Å². The predicted octanol–water partition coefficient (Wildman–Crippen LogP) is -2.00. The monoisotopic (exact) mass is 92.0 g/mol. The third-order valence-corrected chi connectivity index (χ3v) is 0. The molecule has 0 aliphatic rings. The van der Waals surface area contributed by atoms with Crippen LogP contribution < -0.4 is 18.9 Å². The van der Waals surface area contributed by atoms with Crippen LogP contribution in [-0.4, -0.2) is 15.5 Å². The largest absolute Gasteiger partial charge is 1.04 e. The van der Waals surface area contributed by atoms with Crippen LogP contribution in [0, 0.1) is 0 Å².